The Hall–Kier alpha value is -2.36. The van der Waals surface area contributed by atoms with Crippen molar-refractivity contribution in [3.8, 4) is 0 Å². The second-order valence-corrected chi connectivity index (χ2v) is 5.68. The number of benzene rings is 1. The highest BCUT2D eigenvalue weighted by molar-refractivity contribution is 6.08. The third kappa shape index (κ3) is 1.90. The molecule has 4 heteroatoms. The molecule has 1 saturated heterocycles. The van der Waals surface area contributed by atoms with Crippen LogP contribution in [-0.4, -0.2) is 28.4 Å². The van der Waals surface area contributed by atoms with Gasteiger partial charge in [-0.1, -0.05) is 6.07 Å². The predicted octanol–water partition coefficient (Wildman–Crippen LogP) is 2.90. The smallest absolute Gasteiger partial charge is 0.136 e. The standard InChI is InChI=1S/C17H17N3O/c1-19-16-4-7-18-11-15(16)14-3-2-12(10-17(14)19)20-8-5-13(21)6-9-20/h2-4,7,10-11H,5-6,8-9H2,1H3. The van der Waals surface area contributed by atoms with E-state index < -0.39 is 0 Å². The topological polar surface area (TPSA) is 38.1 Å². The van der Waals surface area contributed by atoms with Gasteiger partial charge in [-0.05, 0) is 18.2 Å². The number of aromatic nitrogens is 2. The van der Waals surface area contributed by atoms with Gasteiger partial charge in [-0.25, -0.2) is 0 Å². The summed E-state index contributed by atoms with van der Waals surface area (Å²) >= 11 is 0. The molecule has 106 valence electrons. The maximum atomic E-state index is 11.4. The first-order valence-electron chi connectivity index (χ1n) is 7.33. The summed E-state index contributed by atoms with van der Waals surface area (Å²) in [4.78, 5) is 17.9. The number of aryl methyl sites for hydroxylation is 1. The lowest BCUT2D eigenvalue weighted by Gasteiger charge is -2.28. The number of hydrogen-bond acceptors (Lipinski definition) is 3. The summed E-state index contributed by atoms with van der Waals surface area (Å²) in [6, 6.07) is 8.61. The number of piperidine rings is 1. The molecular weight excluding hydrogens is 262 g/mol. The van der Waals surface area contributed by atoms with E-state index in [1.54, 1.807) is 0 Å². The molecule has 2 aromatic heterocycles. The van der Waals surface area contributed by atoms with Crippen molar-refractivity contribution in [1.29, 1.82) is 0 Å². The van der Waals surface area contributed by atoms with Crippen LogP contribution in [0, 0.1) is 0 Å². The number of pyridine rings is 1. The number of nitrogens with zero attached hydrogens (tertiary/aromatic N) is 3. The molecule has 1 aliphatic rings. The zero-order valence-electron chi connectivity index (χ0n) is 12.0. The van der Waals surface area contributed by atoms with Gasteiger partial charge in [0.15, 0.2) is 0 Å². The molecule has 4 rings (SSSR count). The summed E-state index contributed by atoms with van der Waals surface area (Å²) in [6.45, 7) is 1.66. The van der Waals surface area contributed by atoms with Crippen molar-refractivity contribution in [3.05, 3.63) is 36.7 Å². The van der Waals surface area contributed by atoms with Crippen molar-refractivity contribution in [2.45, 2.75) is 12.8 Å². The molecule has 1 aliphatic heterocycles. The molecule has 21 heavy (non-hydrogen) atoms. The van der Waals surface area contributed by atoms with Crippen LogP contribution in [0.25, 0.3) is 21.8 Å². The predicted molar refractivity (Wildman–Crippen MR) is 84.7 cm³/mol. The number of fused-ring (bicyclic) bond motifs is 3. The fourth-order valence-corrected chi connectivity index (χ4v) is 3.25. The third-order valence-electron chi connectivity index (χ3n) is 4.48. The lowest BCUT2D eigenvalue weighted by Crippen LogP contribution is -2.33. The zero-order chi connectivity index (χ0) is 14.4. The maximum absolute atomic E-state index is 11.4. The van der Waals surface area contributed by atoms with Crippen molar-refractivity contribution in [2.75, 3.05) is 18.0 Å². The van der Waals surface area contributed by atoms with Gasteiger partial charge in [-0.2, -0.15) is 0 Å². The maximum Gasteiger partial charge on any atom is 0.136 e. The van der Waals surface area contributed by atoms with Crippen LogP contribution in [0.1, 0.15) is 12.8 Å². The van der Waals surface area contributed by atoms with E-state index in [1.807, 2.05) is 12.4 Å². The minimum Gasteiger partial charge on any atom is -0.371 e. The second-order valence-electron chi connectivity index (χ2n) is 5.68. The van der Waals surface area contributed by atoms with Crippen molar-refractivity contribution in [2.24, 2.45) is 7.05 Å². The highest BCUT2D eigenvalue weighted by Crippen LogP contribution is 2.31. The molecular formula is C17H17N3O. The molecule has 1 fully saturated rings. The summed E-state index contributed by atoms with van der Waals surface area (Å²) < 4.78 is 2.21. The number of hydrogen-bond donors (Lipinski definition) is 0. The number of anilines is 1. The van der Waals surface area contributed by atoms with E-state index in [-0.39, 0.29) is 0 Å². The van der Waals surface area contributed by atoms with Crippen molar-refractivity contribution < 1.29 is 4.79 Å². The SMILES string of the molecule is Cn1c2ccncc2c2ccc(N3CCC(=O)CC3)cc21. The zero-order valence-corrected chi connectivity index (χ0v) is 12.0. The van der Waals surface area contributed by atoms with E-state index in [0.29, 0.717) is 18.6 Å². The van der Waals surface area contributed by atoms with Crippen LogP contribution in [0.2, 0.25) is 0 Å². The van der Waals surface area contributed by atoms with Crippen molar-refractivity contribution >= 4 is 33.3 Å². The van der Waals surface area contributed by atoms with Gasteiger partial charge in [0.1, 0.15) is 5.78 Å². The van der Waals surface area contributed by atoms with Gasteiger partial charge in [0, 0.05) is 61.8 Å². The second kappa shape index (κ2) is 4.58. The first kappa shape index (κ1) is 12.4. The average Bonchev–Trinajstić information content (AvgIpc) is 2.81. The average molecular weight is 279 g/mol. The Bertz CT molecular complexity index is 840. The van der Waals surface area contributed by atoms with E-state index in [1.165, 1.54) is 27.5 Å². The molecule has 0 bridgehead atoms. The van der Waals surface area contributed by atoms with Crippen LogP contribution in [0.3, 0.4) is 0 Å². The van der Waals surface area contributed by atoms with Crippen LogP contribution < -0.4 is 4.90 Å². The minimum atomic E-state index is 0.378. The molecule has 0 atom stereocenters. The Balaban J connectivity index is 1.84. The number of rotatable bonds is 1. The molecule has 0 unspecified atom stereocenters. The third-order valence-corrected chi connectivity index (χ3v) is 4.48. The van der Waals surface area contributed by atoms with Crippen LogP contribution in [0.5, 0.6) is 0 Å². The highest BCUT2D eigenvalue weighted by atomic mass is 16.1. The van der Waals surface area contributed by atoms with Gasteiger partial charge in [-0.3, -0.25) is 9.78 Å². The number of Topliss-reactive ketones (excluding diaryl/α,β-unsaturated/α-hetero) is 1. The van der Waals surface area contributed by atoms with E-state index in [4.69, 9.17) is 0 Å². The molecule has 0 amide bonds. The highest BCUT2D eigenvalue weighted by Gasteiger charge is 2.17. The summed E-state index contributed by atoms with van der Waals surface area (Å²) in [7, 11) is 2.09. The van der Waals surface area contributed by atoms with Crippen molar-refractivity contribution in [1.82, 2.24) is 9.55 Å². The summed E-state index contributed by atoms with van der Waals surface area (Å²) in [5, 5.41) is 2.42. The summed E-state index contributed by atoms with van der Waals surface area (Å²) in [6.07, 6.45) is 5.09. The molecule has 0 N–H and O–H groups in total. The molecule has 0 spiro atoms. The Morgan fingerprint density at radius 1 is 1.05 bits per heavy atom. The summed E-state index contributed by atoms with van der Waals surface area (Å²) in [5.74, 6) is 0.378. The van der Waals surface area contributed by atoms with Crippen molar-refractivity contribution in [3.63, 3.8) is 0 Å². The Kier molecular flexibility index (Phi) is 2.70. The first-order valence-corrected chi connectivity index (χ1v) is 7.33. The Morgan fingerprint density at radius 2 is 1.86 bits per heavy atom. The molecule has 4 nitrogen and oxygen atoms in total. The quantitative estimate of drug-likeness (QED) is 0.687. The molecule has 0 radical (unpaired) electrons. The van der Waals surface area contributed by atoms with Crippen LogP contribution in [0.4, 0.5) is 5.69 Å². The molecule has 1 aromatic carbocycles. The van der Waals surface area contributed by atoms with Crippen LogP contribution in [-0.2, 0) is 11.8 Å². The molecule has 0 aliphatic carbocycles. The van der Waals surface area contributed by atoms with Gasteiger partial charge in [0.25, 0.3) is 0 Å². The van der Waals surface area contributed by atoms with Crippen LogP contribution in [0.15, 0.2) is 36.7 Å². The monoisotopic (exact) mass is 279 g/mol. The lowest BCUT2D eigenvalue weighted by molar-refractivity contribution is -0.119. The van der Waals surface area contributed by atoms with Crippen LogP contribution >= 0.6 is 0 Å². The first-order chi connectivity index (χ1) is 10.2. The summed E-state index contributed by atoms with van der Waals surface area (Å²) in [5.41, 5.74) is 3.62. The normalized spacial score (nSPS) is 16.0. The van der Waals surface area contributed by atoms with Gasteiger partial charge in [-0.15, -0.1) is 0 Å². The Labute approximate surface area is 123 Å². The number of ketones is 1. The number of carbonyl (C=O) groups excluding carboxylic acids is 1. The molecule has 3 aromatic rings. The number of carbonyl (C=O) groups is 1. The molecule has 0 saturated carbocycles. The molecule has 3 heterocycles. The fraction of sp³-hybridized carbons (Fsp3) is 0.294. The Morgan fingerprint density at radius 3 is 2.67 bits per heavy atom. The van der Waals surface area contributed by atoms with E-state index in [2.05, 4.69) is 45.8 Å². The van der Waals surface area contributed by atoms with E-state index in [9.17, 15) is 4.79 Å². The largest absolute Gasteiger partial charge is 0.371 e. The minimum absolute atomic E-state index is 0.378. The lowest BCUT2D eigenvalue weighted by atomic mass is 10.1. The van der Waals surface area contributed by atoms with Gasteiger partial charge in [0.2, 0.25) is 0 Å². The van der Waals surface area contributed by atoms with Gasteiger partial charge < -0.3 is 9.47 Å². The van der Waals surface area contributed by atoms with E-state index >= 15 is 0 Å². The van der Waals surface area contributed by atoms with Gasteiger partial charge in [0.05, 0.1) is 11.0 Å². The van der Waals surface area contributed by atoms with Gasteiger partial charge >= 0.3 is 0 Å². The van der Waals surface area contributed by atoms with E-state index in [0.717, 1.165) is 13.1 Å². The fourth-order valence-electron chi connectivity index (χ4n) is 3.25.